The van der Waals surface area contributed by atoms with E-state index in [2.05, 4.69) is 127 Å². The van der Waals surface area contributed by atoms with Gasteiger partial charge in [-0.05, 0) is 45.8 Å². The number of hydrogen-bond donors (Lipinski definition) is 0. The normalized spacial score (nSPS) is 11.3. The van der Waals surface area contributed by atoms with Crippen LogP contribution in [0.5, 0.6) is 0 Å². The summed E-state index contributed by atoms with van der Waals surface area (Å²) in [6, 6.07) is 58.7. The van der Waals surface area contributed by atoms with Crippen molar-refractivity contribution in [3.05, 3.63) is 170 Å². The third kappa shape index (κ3) is 5.67. The van der Waals surface area contributed by atoms with Crippen molar-refractivity contribution in [2.45, 2.75) is 0 Å². The number of fused-ring (bicyclic) bond motifs is 3. The molecule has 0 spiro atoms. The predicted octanol–water partition coefficient (Wildman–Crippen LogP) is 11.6. The van der Waals surface area contributed by atoms with Crippen LogP contribution in [0.2, 0.25) is 0 Å². The quantitative estimate of drug-likeness (QED) is 0.181. The largest absolute Gasteiger partial charge is 0.236 e. The Bertz CT molecular complexity index is 2580. The average molecular weight is 645 g/mol. The monoisotopic (exact) mass is 644 g/mol. The Kier molecular flexibility index (Phi) is 7.30. The lowest BCUT2D eigenvalue weighted by molar-refractivity contribution is 1.07. The minimum Gasteiger partial charge on any atom is -0.236 e. The highest BCUT2D eigenvalue weighted by Gasteiger charge is 2.15. The Balaban J connectivity index is 1.12. The first-order valence-electron chi connectivity index (χ1n) is 16.2. The smallest absolute Gasteiger partial charge is 0.164 e. The number of benzene rings is 7. The van der Waals surface area contributed by atoms with Gasteiger partial charge >= 0.3 is 0 Å². The van der Waals surface area contributed by atoms with Gasteiger partial charge < -0.3 is 0 Å². The highest BCUT2D eigenvalue weighted by atomic mass is 32.1. The van der Waals surface area contributed by atoms with Crippen molar-refractivity contribution < 1.29 is 0 Å². The fourth-order valence-corrected chi connectivity index (χ4v) is 7.32. The van der Waals surface area contributed by atoms with Crippen LogP contribution in [0.1, 0.15) is 0 Å². The van der Waals surface area contributed by atoms with E-state index in [0.29, 0.717) is 17.5 Å². The SMILES string of the molecule is c1ccc(-c2ccc(-c3nc(-c4ccccc4)nc(-c4cccc(-c5ccc6ccc7nc(-c8ccccc8)sc7c6c5)c4)n3)cc2)cc1. The van der Waals surface area contributed by atoms with Gasteiger partial charge in [-0.1, -0.05) is 152 Å². The third-order valence-electron chi connectivity index (χ3n) is 8.76. The van der Waals surface area contributed by atoms with E-state index >= 15 is 0 Å². The first-order valence-corrected chi connectivity index (χ1v) is 17.0. The van der Waals surface area contributed by atoms with Gasteiger partial charge in [0.05, 0.1) is 10.2 Å². The molecule has 49 heavy (non-hydrogen) atoms. The molecule has 0 N–H and O–H groups in total. The maximum absolute atomic E-state index is 5.03. The summed E-state index contributed by atoms with van der Waals surface area (Å²) in [6.45, 7) is 0. The molecule has 7 aromatic carbocycles. The average Bonchev–Trinajstić information content (AvgIpc) is 3.64. The molecule has 9 rings (SSSR count). The number of aromatic nitrogens is 4. The molecule has 0 unspecified atom stereocenters. The van der Waals surface area contributed by atoms with Gasteiger partial charge in [0.15, 0.2) is 17.5 Å². The zero-order valence-electron chi connectivity index (χ0n) is 26.4. The molecule has 0 atom stereocenters. The van der Waals surface area contributed by atoms with Crippen molar-refractivity contribution in [2.24, 2.45) is 0 Å². The van der Waals surface area contributed by atoms with E-state index in [4.69, 9.17) is 19.9 Å². The molecule has 0 aliphatic heterocycles. The molecule has 230 valence electrons. The Morgan fingerprint density at radius 1 is 0.327 bits per heavy atom. The third-order valence-corrected chi connectivity index (χ3v) is 9.92. The van der Waals surface area contributed by atoms with E-state index in [1.54, 1.807) is 11.3 Å². The Hall–Kier alpha value is -6.30. The predicted molar refractivity (Wildman–Crippen MR) is 203 cm³/mol. The Morgan fingerprint density at radius 3 is 1.49 bits per heavy atom. The molecule has 0 saturated carbocycles. The summed E-state index contributed by atoms with van der Waals surface area (Å²) in [6.07, 6.45) is 0. The number of thiazole rings is 1. The number of nitrogens with zero attached hydrogens (tertiary/aromatic N) is 4. The zero-order chi connectivity index (χ0) is 32.6. The van der Waals surface area contributed by atoms with E-state index in [0.717, 1.165) is 49.5 Å². The molecule has 0 aliphatic rings. The Labute approximate surface area is 288 Å². The lowest BCUT2D eigenvalue weighted by atomic mass is 9.99. The summed E-state index contributed by atoms with van der Waals surface area (Å²) in [5.74, 6) is 1.92. The molecule has 0 bridgehead atoms. The van der Waals surface area contributed by atoms with Gasteiger partial charge in [-0.2, -0.15) is 0 Å². The lowest BCUT2D eigenvalue weighted by Gasteiger charge is -2.10. The van der Waals surface area contributed by atoms with Crippen LogP contribution in [0, 0.1) is 0 Å². The Morgan fingerprint density at radius 2 is 0.796 bits per heavy atom. The highest BCUT2D eigenvalue weighted by Crippen LogP contribution is 2.37. The van der Waals surface area contributed by atoms with Gasteiger partial charge in [0.2, 0.25) is 0 Å². The summed E-state index contributed by atoms with van der Waals surface area (Å²) in [5, 5.41) is 3.43. The molecule has 2 aromatic heterocycles. The minimum atomic E-state index is 0.635. The van der Waals surface area contributed by atoms with Gasteiger partial charge in [-0.25, -0.2) is 19.9 Å². The van der Waals surface area contributed by atoms with Crippen molar-refractivity contribution in [3.63, 3.8) is 0 Å². The second kappa shape index (κ2) is 12.4. The fraction of sp³-hybridized carbons (Fsp3) is 0. The molecule has 0 saturated heterocycles. The van der Waals surface area contributed by atoms with Crippen LogP contribution in [0.3, 0.4) is 0 Å². The number of hydrogen-bond acceptors (Lipinski definition) is 5. The van der Waals surface area contributed by atoms with Gasteiger partial charge in [0.1, 0.15) is 5.01 Å². The molecule has 0 aliphatic carbocycles. The highest BCUT2D eigenvalue weighted by molar-refractivity contribution is 7.22. The fourth-order valence-electron chi connectivity index (χ4n) is 6.22. The minimum absolute atomic E-state index is 0.635. The van der Waals surface area contributed by atoms with Crippen LogP contribution in [0.4, 0.5) is 0 Å². The van der Waals surface area contributed by atoms with Gasteiger partial charge in [0.25, 0.3) is 0 Å². The van der Waals surface area contributed by atoms with E-state index in [-0.39, 0.29) is 0 Å². The summed E-state index contributed by atoms with van der Waals surface area (Å²) in [7, 11) is 0. The maximum Gasteiger partial charge on any atom is 0.164 e. The van der Waals surface area contributed by atoms with E-state index in [1.165, 1.54) is 21.0 Å². The van der Waals surface area contributed by atoms with E-state index < -0.39 is 0 Å². The second-order valence-corrected chi connectivity index (χ2v) is 12.9. The summed E-state index contributed by atoms with van der Waals surface area (Å²) in [4.78, 5) is 19.9. The first-order chi connectivity index (χ1) is 24.2. The zero-order valence-corrected chi connectivity index (χ0v) is 27.2. The molecule has 4 nitrogen and oxygen atoms in total. The van der Waals surface area contributed by atoms with Crippen molar-refractivity contribution in [1.29, 1.82) is 0 Å². The van der Waals surface area contributed by atoms with E-state index in [9.17, 15) is 0 Å². The first kappa shape index (κ1) is 28.9. The van der Waals surface area contributed by atoms with Crippen molar-refractivity contribution >= 4 is 32.3 Å². The topological polar surface area (TPSA) is 51.6 Å². The van der Waals surface area contributed by atoms with Gasteiger partial charge in [0, 0.05) is 27.6 Å². The summed E-state index contributed by atoms with van der Waals surface area (Å²) >= 11 is 1.74. The number of rotatable bonds is 6. The molecule has 0 amide bonds. The molecule has 9 aromatic rings. The van der Waals surface area contributed by atoms with Crippen molar-refractivity contribution in [3.8, 4) is 67.0 Å². The van der Waals surface area contributed by atoms with Crippen molar-refractivity contribution in [2.75, 3.05) is 0 Å². The lowest BCUT2D eigenvalue weighted by Crippen LogP contribution is -2.00. The van der Waals surface area contributed by atoms with Gasteiger partial charge in [-0.3, -0.25) is 0 Å². The van der Waals surface area contributed by atoms with Crippen LogP contribution in [0.25, 0.3) is 88.0 Å². The van der Waals surface area contributed by atoms with Gasteiger partial charge in [-0.15, -0.1) is 11.3 Å². The van der Waals surface area contributed by atoms with Crippen LogP contribution < -0.4 is 0 Å². The maximum atomic E-state index is 5.03. The van der Waals surface area contributed by atoms with Crippen LogP contribution in [0.15, 0.2) is 170 Å². The second-order valence-electron chi connectivity index (χ2n) is 11.9. The van der Waals surface area contributed by atoms with Crippen LogP contribution in [-0.4, -0.2) is 19.9 Å². The van der Waals surface area contributed by atoms with Crippen molar-refractivity contribution in [1.82, 2.24) is 19.9 Å². The molecular formula is C44H28N4S. The molecule has 5 heteroatoms. The summed E-state index contributed by atoms with van der Waals surface area (Å²) < 4.78 is 1.20. The molecule has 0 fully saturated rings. The molecule has 0 radical (unpaired) electrons. The summed E-state index contributed by atoms with van der Waals surface area (Å²) in [5.41, 5.74) is 9.53. The van der Waals surface area contributed by atoms with Crippen LogP contribution in [-0.2, 0) is 0 Å². The molecule has 2 heterocycles. The molecular weight excluding hydrogens is 617 g/mol. The van der Waals surface area contributed by atoms with E-state index in [1.807, 2.05) is 42.5 Å². The van der Waals surface area contributed by atoms with Crippen LogP contribution >= 0.6 is 11.3 Å². The standard InChI is InChI=1S/C44H28N4S/c1-4-11-29(12-5-1)30-19-22-33(23-20-30)42-46-41(32-13-6-2-7-14-32)47-43(48-42)37-18-10-17-35(27-37)36-24-21-31-25-26-39-40(38(31)28-36)49-44(45-39)34-15-8-3-9-16-34/h1-28H.